The number of carbonyl (C=O) groups excluding carboxylic acids is 1. The number of hydrogen-bond acceptors (Lipinski definition) is 13. The van der Waals surface area contributed by atoms with E-state index in [1.165, 1.54) is 186 Å². The Morgan fingerprint density at radius 2 is 0.853 bits per heavy atom. The lowest BCUT2D eigenvalue weighted by Gasteiger charge is -2.46. The molecule has 0 aliphatic carbocycles. The van der Waals surface area contributed by atoms with Crippen LogP contribution in [0, 0.1) is 0 Å². The molecular formula is C61H113NO13. The molecule has 0 radical (unpaired) electrons. The average molecular weight is 1070 g/mol. The highest BCUT2D eigenvalue weighted by atomic mass is 16.7. The summed E-state index contributed by atoms with van der Waals surface area (Å²) in [4.78, 5) is 13.2. The van der Waals surface area contributed by atoms with Gasteiger partial charge in [-0.25, -0.2) is 0 Å². The number of hydrogen-bond donors (Lipinski definition) is 9. The maximum absolute atomic E-state index is 13.2. The van der Waals surface area contributed by atoms with Crippen molar-refractivity contribution in [1.82, 2.24) is 5.32 Å². The lowest BCUT2D eigenvalue weighted by atomic mass is 9.97. The molecule has 14 nitrogen and oxygen atoms in total. The second-order valence-corrected chi connectivity index (χ2v) is 21.8. The first-order chi connectivity index (χ1) is 36.6. The van der Waals surface area contributed by atoms with Gasteiger partial charge in [0, 0.05) is 6.42 Å². The summed E-state index contributed by atoms with van der Waals surface area (Å²) in [6, 6.07) is -0.929. The molecule has 2 heterocycles. The van der Waals surface area contributed by atoms with Gasteiger partial charge in [-0.05, 0) is 57.8 Å². The number of carbonyl (C=O) groups is 1. The third kappa shape index (κ3) is 32.8. The Labute approximate surface area is 455 Å². The van der Waals surface area contributed by atoms with E-state index in [-0.39, 0.29) is 18.9 Å². The first kappa shape index (κ1) is 69.3. The van der Waals surface area contributed by atoms with Crippen LogP contribution in [0.4, 0.5) is 0 Å². The van der Waals surface area contributed by atoms with E-state index in [1.807, 2.05) is 6.08 Å². The Morgan fingerprint density at radius 3 is 1.31 bits per heavy atom. The fourth-order valence-electron chi connectivity index (χ4n) is 10.1. The van der Waals surface area contributed by atoms with Crippen LogP contribution in [0.15, 0.2) is 36.5 Å². The highest BCUT2D eigenvalue weighted by Crippen LogP contribution is 2.30. The Hall–Kier alpha value is -1.79. The lowest BCUT2D eigenvalue weighted by Crippen LogP contribution is -2.65. The number of nitrogens with one attached hydrogen (secondary N) is 1. The van der Waals surface area contributed by atoms with Gasteiger partial charge in [-0.3, -0.25) is 4.79 Å². The molecule has 1 amide bonds. The fourth-order valence-corrected chi connectivity index (χ4v) is 10.1. The Balaban J connectivity index is 1.71. The zero-order valence-electron chi connectivity index (χ0n) is 47.3. The van der Waals surface area contributed by atoms with Gasteiger partial charge in [-0.15, -0.1) is 0 Å². The number of allylic oxidation sites excluding steroid dienone is 5. The third-order valence-electron chi connectivity index (χ3n) is 15.0. The van der Waals surface area contributed by atoms with E-state index in [1.54, 1.807) is 6.08 Å². The van der Waals surface area contributed by atoms with E-state index in [0.717, 1.165) is 32.1 Å². The molecule has 2 rings (SSSR count). The fraction of sp³-hybridized carbons (Fsp3) is 0.885. The predicted octanol–water partition coefficient (Wildman–Crippen LogP) is 10.6. The highest BCUT2D eigenvalue weighted by Gasteiger charge is 2.51. The second kappa shape index (κ2) is 47.1. The van der Waals surface area contributed by atoms with Crippen molar-refractivity contribution in [2.45, 2.75) is 325 Å². The van der Waals surface area contributed by atoms with E-state index in [9.17, 15) is 45.6 Å². The zero-order valence-corrected chi connectivity index (χ0v) is 47.3. The van der Waals surface area contributed by atoms with Gasteiger partial charge in [0.05, 0.1) is 32.0 Å². The molecule has 2 saturated heterocycles. The van der Waals surface area contributed by atoms with Gasteiger partial charge in [0.15, 0.2) is 12.6 Å². The average Bonchev–Trinajstić information content (AvgIpc) is 3.41. The van der Waals surface area contributed by atoms with Crippen molar-refractivity contribution in [3.05, 3.63) is 36.5 Å². The molecule has 440 valence electrons. The van der Waals surface area contributed by atoms with Crippen molar-refractivity contribution < 1.29 is 64.6 Å². The molecular weight excluding hydrogens is 955 g/mol. The van der Waals surface area contributed by atoms with E-state index in [0.29, 0.717) is 12.8 Å². The van der Waals surface area contributed by atoms with Gasteiger partial charge in [0.1, 0.15) is 48.8 Å². The molecule has 0 aromatic rings. The topological polar surface area (TPSA) is 228 Å². The Morgan fingerprint density at radius 1 is 0.467 bits per heavy atom. The van der Waals surface area contributed by atoms with Crippen LogP contribution >= 0.6 is 0 Å². The summed E-state index contributed by atoms with van der Waals surface area (Å²) in [5.41, 5.74) is 0. The summed E-state index contributed by atoms with van der Waals surface area (Å²) in [7, 11) is 0. The molecule has 0 aromatic carbocycles. The minimum Gasteiger partial charge on any atom is -0.394 e. The van der Waals surface area contributed by atoms with Crippen LogP contribution in [0.3, 0.4) is 0 Å². The number of aliphatic hydroxyl groups is 8. The summed E-state index contributed by atoms with van der Waals surface area (Å²) >= 11 is 0. The molecule has 2 fully saturated rings. The summed E-state index contributed by atoms with van der Waals surface area (Å²) in [5, 5.41) is 87.0. The van der Waals surface area contributed by atoms with Crippen molar-refractivity contribution in [1.29, 1.82) is 0 Å². The molecule has 0 spiro atoms. The number of rotatable bonds is 49. The number of aliphatic hydroxyl groups excluding tert-OH is 8. The minimum atomic E-state index is -1.79. The molecule has 14 heteroatoms. The highest BCUT2D eigenvalue weighted by molar-refractivity contribution is 5.76. The van der Waals surface area contributed by atoms with Crippen LogP contribution < -0.4 is 5.32 Å². The van der Waals surface area contributed by atoms with E-state index in [2.05, 4.69) is 43.5 Å². The lowest BCUT2D eigenvalue weighted by molar-refractivity contribution is -0.359. The molecule has 0 saturated carbocycles. The van der Waals surface area contributed by atoms with Crippen LogP contribution in [0.5, 0.6) is 0 Å². The maximum Gasteiger partial charge on any atom is 0.220 e. The van der Waals surface area contributed by atoms with Crippen LogP contribution in [0.25, 0.3) is 0 Å². The molecule has 12 unspecified atom stereocenters. The van der Waals surface area contributed by atoms with Crippen molar-refractivity contribution in [2.24, 2.45) is 0 Å². The van der Waals surface area contributed by atoms with Crippen molar-refractivity contribution in [3.63, 3.8) is 0 Å². The molecule has 9 N–H and O–H groups in total. The van der Waals surface area contributed by atoms with E-state index >= 15 is 0 Å². The van der Waals surface area contributed by atoms with Gasteiger partial charge >= 0.3 is 0 Å². The smallest absolute Gasteiger partial charge is 0.220 e. The summed E-state index contributed by atoms with van der Waals surface area (Å²) < 4.78 is 22.7. The van der Waals surface area contributed by atoms with Crippen molar-refractivity contribution in [3.8, 4) is 0 Å². The molecule has 0 bridgehead atoms. The molecule has 2 aliphatic heterocycles. The van der Waals surface area contributed by atoms with E-state index in [4.69, 9.17) is 18.9 Å². The van der Waals surface area contributed by atoms with Gasteiger partial charge < -0.3 is 65.1 Å². The summed E-state index contributed by atoms with van der Waals surface area (Å²) in [6.45, 7) is 2.78. The second-order valence-electron chi connectivity index (χ2n) is 21.8. The first-order valence-electron chi connectivity index (χ1n) is 30.7. The number of amides is 1. The molecule has 2 aliphatic rings. The largest absolute Gasteiger partial charge is 0.394 e. The maximum atomic E-state index is 13.2. The standard InChI is InChI=1S/C61H113NO13/c1-3-5-7-9-11-13-15-17-19-20-21-22-23-24-25-26-27-28-29-30-31-33-35-37-39-41-43-45-53(66)62-49(50(65)44-42-40-38-36-34-32-18-16-14-12-10-8-6-4-2)48-72-60-58(71)56(69)59(52(47-64)74-60)75-61-57(70)55(68)54(67)51(46-63)73-61/h20-21,34,36,42,44,49-52,54-61,63-65,67-71H,3-19,22-33,35,37-41,43,45-48H2,1-2H3,(H,62,66)/b21-20-,36-34+,44-42+. The van der Waals surface area contributed by atoms with E-state index < -0.39 is 86.8 Å². The third-order valence-corrected chi connectivity index (χ3v) is 15.0. The quantitative estimate of drug-likeness (QED) is 0.0204. The van der Waals surface area contributed by atoms with Crippen molar-refractivity contribution in [2.75, 3.05) is 19.8 Å². The molecule has 12 atom stereocenters. The van der Waals surface area contributed by atoms with Gasteiger partial charge in [0.2, 0.25) is 5.91 Å². The zero-order chi connectivity index (χ0) is 54.6. The van der Waals surface area contributed by atoms with Gasteiger partial charge in [-0.2, -0.15) is 0 Å². The van der Waals surface area contributed by atoms with Gasteiger partial charge in [0.25, 0.3) is 0 Å². The molecule has 0 aromatic heterocycles. The van der Waals surface area contributed by atoms with Crippen LogP contribution in [0.1, 0.15) is 251 Å². The van der Waals surface area contributed by atoms with Crippen LogP contribution in [-0.4, -0.2) is 140 Å². The number of ether oxygens (including phenoxy) is 4. The first-order valence-corrected chi connectivity index (χ1v) is 30.7. The monoisotopic (exact) mass is 1070 g/mol. The van der Waals surface area contributed by atoms with Crippen molar-refractivity contribution >= 4 is 5.91 Å². The Kier molecular flexibility index (Phi) is 43.5. The SMILES string of the molecule is CCCCCCCCCC/C=C\CCCCCCCCCCCCCCCCCC(=O)NC(COC1OC(CO)C(OC2OC(CO)C(O)C(O)C2O)C(O)C1O)C(O)/C=C/CC/C=C/CCCCCCCCCC. The normalized spacial score (nSPS) is 25.3. The predicted molar refractivity (Wildman–Crippen MR) is 300 cm³/mol. The van der Waals surface area contributed by atoms with Crippen LogP contribution in [0.2, 0.25) is 0 Å². The summed E-state index contributed by atoms with van der Waals surface area (Å²) in [6.07, 6.45) is 40.6. The summed E-state index contributed by atoms with van der Waals surface area (Å²) in [5.74, 6) is -0.247. The van der Waals surface area contributed by atoms with Crippen LogP contribution in [-0.2, 0) is 23.7 Å². The number of unbranched alkanes of at least 4 members (excludes halogenated alkanes) is 32. The van der Waals surface area contributed by atoms with Gasteiger partial charge in [-0.1, -0.05) is 224 Å². The minimum absolute atomic E-state index is 0.247. The molecule has 75 heavy (non-hydrogen) atoms. The Bertz CT molecular complexity index is 1400.